The molecule has 0 aliphatic carbocycles. The molecule has 0 saturated carbocycles. The lowest BCUT2D eigenvalue weighted by atomic mass is 9.65. The van der Waals surface area contributed by atoms with Crippen LogP contribution in [0.3, 0.4) is 0 Å². The summed E-state index contributed by atoms with van der Waals surface area (Å²) < 4.78 is 15.2. The van der Waals surface area contributed by atoms with Gasteiger partial charge in [0.15, 0.2) is 0 Å². The van der Waals surface area contributed by atoms with Gasteiger partial charge in [-0.2, -0.15) is 0 Å². The molecule has 8 aromatic rings. The molecule has 0 spiro atoms. The normalized spacial score (nSPS) is 13.5. The number of benzene rings is 5. The Balaban J connectivity index is 1.23. The summed E-state index contributed by atoms with van der Waals surface area (Å²) in [5.41, 5.74) is 9.16. The van der Waals surface area contributed by atoms with Crippen LogP contribution in [0.1, 0.15) is 0 Å². The zero-order valence-electron chi connectivity index (χ0n) is 21.8. The van der Waals surface area contributed by atoms with E-state index in [0.29, 0.717) is 0 Å². The highest BCUT2D eigenvalue weighted by molar-refractivity contribution is 6.77. The van der Waals surface area contributed by atoms with Gasteiger partial charge in [0, 0.05) is 33.2 Å². The fourth-order valence-electron chi connectivity index (χ4n) is 6.84. The van der Waals surface area contributed by atoms with E-state index in [4.69, 9.17) is 14.1 Å². The van der Waals surface area contributed by atoms with Gasteiger partial charge in [-0.1, -0.05) is 78.9 Å². The van der Waals surface area contributed by atoms with Crippen molar-refractivity contribution in [1.29, 1.82) is 0 Å². The van der Waals surface area contributed by atoms with E-state index in [9.17, 15) is 0 Å². The van der Waals surface area contributed by atoms with Crippen LogP contribution in [-0.4, -0.2) is 16.6 Å². The SMILES string of the molecule is c1ccc2c(c1)B1Oc3cc4c(cc3N1c1ccc(-n3c5ccccc5c5ccccc53)nc1-2)oc1ccccc14. The largest absolute Gasteiger partial charge is 0.536 e. The van der Waals surface area contributed by atoms with Crippen LogP contribution in [0.2, 0.25) is 0 Å². The minimum absolute atomic E-state index is 0.271. The van der Waals surface area contributed by atoms with E-state index in [2.05, 4.69) is 113 Å². The summed E-state index contributed by atoms with van der Waals surface area (Å²) in [6.07, 6.45) is 0. The smallest absolute Gasteiger partial charge is 0.525 e. The van der Waals surface area contributed by atoms with Crippen molar-refractivity contribution in [3.63, 3.8) is 0 Å². The summed E-state index contributed by atoms with van der Waals surface area (Å²) in [6.45, 7) is 0. The van der Waals surface area contributed by atoms with Crippen LogP contribution in [-0.2, 0) is 0 Å². The van der Waals surface area contributed by atoms with Gasteiger partial charge in [0.25, 0.3) is 0 Å². The van der Waals surface area contributed by atoms with Crippen molar-refractivity contribution in [3.8, 4) is 22.8 Å². The number of anilines is 2. The first-order chi connectivity index (χ1) is 20.3. The first-order valence-corrected chi connectivity index (χ1v) is 13.8. The van der Waals surface area contributed by atoms with Crippen LogP contribution in [0.15, 0.2) is 126 Å². The molecule has 0 saturated heterocycles. The second kappa shape index (κ2) is 7.58. The Morgan fingerprint density at radius 1 is 0.585 bits per heavy atom. The molecule has 190 valence electrons. The highest BCUT2D eigenvalue weighted by atomic mass is 16.5. The summed E-state index contributed by atoms with van der Waals surface area (Å²) in [4.78, 5) is 7.64. The maximum absolute atomic E-state index is 6.69. The molecule has 3 aromatic heterocycles. The Morgan fingerprint density at radius 2 is 1.29 bits per heavy atom. The second-order valence-electron chi connectivity index (χ2n) is 10.7. The Bertz CT molecular complexity index is 2330. The fraction of sp³-hybridized carbons (Fsp3) is 0. The summed E-state index contributed by atoms with van der Waals surface area (Å²) in [5, 5.41) is 4.60. The number of pyridine rings is 1. The molecule has 5 aromatic carbocycles. The number of para-hydroxylation sites is 3. The second-order valence-corrected chi connectivity index (χ2v) is 10.7. The van der Waals surface area contributed by atoms with Gasteiger partial charge in [-0.25, -0.2) is 4.98 Å². The standard InChI is InChI=1S/C35H20BN3O2/c1-5-13-26-24(12-1)35-29(17-18-34(37-35)38-27-14-6-2-9-21(27)22-10-3-7-15-28(22)38)39-30-20-32-25(19-33(30)41-36(26)39)23-11-4-8-16-31(23)40-32/h1-20H. The van der Waals surface area contributed by atoms with Crippen molar-refractivity contribution in [2.45, 2.75) is 0 Å². The van der Waals surface area contributed by atoms with Crippen molar-refractivity contribution >= 4 is 67.6 Å². The average molecular weight is 525 g/mol. The first kappa shape index (κ1) is 21.4. The van der Waals surface area contributed by atoms with E-state index >= 15 is 0 Å². The zero-order valence-corrected chi connectivity index (χ0v) is 21.8. The molecule has 0 amide bonds. The number of rotatable bonds is 1. The third-order valence-electron chi connectivity index (χ3n) is 8.60. The minimum Gasteiger partial charge on any atom is -0.536 e. The van der Waals surface area contributed by atoms with Crippen molar-refractivity contribution in [1.82, 2.24) is 9.55 Å². The lowest BCUT2D eigenvalue weighted by Gasteiger charge is -2.30. The average Bonchev–Trinajstić information content (AvgIpc) is 3.69. The number of hydrogen-bond donors (Lipinski definition) is 0. The molecule has 5 heterocycles. The molecular formula is C35H20BN3O2. The molecule has 5 nitrogen and oxygen atoms in total. The predicted molar refractivity (Wildman–Crippen MR) is 166 cm³/mol. The highest BCUT2D eigenvalue weighted by Gasteiger charge is 2.46. The van der Waals surface area contributed by atoms with Crippen LogP contribution in [0.4, 0.5) is 11.4 Å². The molecule has 2 aliphatic rings. The summed E-state index contributed by atoms with van der Waals surface area (Å²) in [5.74, 6) is 1.74. The van der Waals surface area contributed by atoms with Crippen molar-refractivity contribution in [3.05, 3.63) is 121 Å². The Kier molecular flexibility index (Phi) is 3.95. The summed E-state index contributed by atoms with van der Waals surface area (Å²) in [6, 6.07) is 42.2. The minimum atomic E-state index is -0.271. The van der Waals surface area contributed by atoms with Crippen molar-refractivity contribution < 1.29 is 9.07 Å². The number of furan rings is 1. The van der Waals surface area contributed by atoms with E-state index in [1.165, 1.54) is 10.8 Å². The van der Waals surface area contributed by atoms with Crippen LogP contribution in [0, 0.1) is 0 Å². The molecule has 2 aliphatic heterocycles. The zero-order chi connectivity index (χ0) is 26.7. The van der Waals surface area contributed by atoms with Crippen molar-refractivity contribution in [2.75, 3.05) is 4.81 Å². The monoisotopic (exact) mass is 525 g/mol. The molecular weight excluding hydrogens is 505 g/mol. The lowest BCUT2D eigenvalue weighted by molar-refractivity contribution is 0.603. The van der Waals surface area contributed by atoms with Crippen molar-refractivity contribution in [2.24, 2.45) is 0 Å². The number of hydrogen-bond acceptors (Lipinski definition) is 4. The fourth-order valence-corrected chi connectivity index (χ4v) is 6.84. The van der Waals surface area contributed by atoms with Crippen LogP contribution in [0.5, 0.6) is 5.75 Å². The van der Waals surface area contributed by atoms with Gasteiger partial charge in [-0.3, -0.25) is 4.57 Å². The van der Waals surface area contributed by atoms with Gasteiger partial charge in [-0.05, 0) is 41.9 Å². The maximum atomic E-state index is 6.69. The molecule has 0 fully saturated rings. The van der Waals surface area contributed by atoms with E-state index in [1.54, 1.807) is 0 Å². The third-order valence-corrected chi connectivity index (χ3v) is 8.60. The molecule has 6 heteroatoms. The summed E-state index contributed by atoms with van der Waals surface area (Å²) in [7, 11) is -0.271. The molecule has 10 rings (SSSR count). The summed E-state index contributed by atoms with van der Waals surface area (Å²) >= 11 is 0. The molecule has 0 bridgehead atoms. The van der Waals surface area contributed by atoms with Crippen LogP contribution < -0.4 is 14.9 Å². The van der Waals surface area contributed by atoms with E-state index in [0.717, 1.165) is 72.6 Å². The quantitative estimate of drug-likeness (QED) is 0.204. The Hall–Kier alpha value is -5.49. The van der Waals surface area contributed by atoms with Gasteiger partial charge in [-0.15, -0.1) is 0 Å². The van der Waals surface area contributed by atoms with Gasteiger partial charge in [0.1, 0.15) is 22.7 Å². The lowest BCUT2D eigenvalue weighted by Crippen LogP contribution is -2.50. The third kappa shape index (κ3) is 2.73. The molecule has 41 heavy (non-hydrogen) atoms. The number of aromatic nitrogens is 2. The molecule has 0 unspecified atom stereocenters. The first-order valence-electron chi connectivity index (χ1n) is 13.8. The van der Waals surface area contributed by atoms with Gasteiger partial charge in [0.05, 0.1) is 28.1 Å². The maximum Gasteiger partial charge on any atom is 0.525 e. The Labute approximate surface area is 235 Å². The number of fused-ring (bicyclic) bond motifs is 14. The van der Waals surface area contributed by atoms with Gasteiger partial charge >= 0.3 is 7.05 Å². The predicted octanol–water partition coefficient (Wildman–Crippen LogP) is 7.98. The highest BCUT2D eigenvalue weighted by Crippen LogP contribution is 2.49. The van der Waals surface area contributed by atoms with E-state index < -0.39 is 0 Å². The van der Waals surface area contributed by atoms with Gasteiger partial charge < -0.3 is 13.9 Å². The van der Waals surface area contributed by atoms with Crippen LogP contribution in [0.25, 0.3) is 60.8 Å². The van der Waals surface area contributed by atoms with Gasteiger partial charge in [0.2, 0.25) is 0 Å². The van der Waals surface area contributed by atoms with Crippen LogP contribution >= 0.6 is 0 Å². The van der Waals surface area contributed by atoms with E-state index in [-0.39, 0.29) is 7.05 Å². The molecule has 0 radical (unpaired) electrons. The molecule has 0 atom stereocenters. The number of nitrogens with zero attached hydrogens (tertiary/aromatic N) is 3. The topological polar surface area (TPSA) is 43.4 Å². The Morgan fingerprint density at radius 3 is 2.12 bits per heavy atom. The molecule has 0 N–H and O–H groups in total. The van der Waals surface area contributed by atoms with E-state index in [1.807, 2.05) is 18.2 Å².